The number of hydrogen-bond acceptors (Lipinski definition) is 2. The first-order valence-electron chi connectivity index (χ1n) is 8.42. The summed E-state index contributed by atoms with van der Waals surface area (Å²) in [5, 5.41) is 6.51. The fourth-order valence-corrected chi connectivity index (χ4v) is 4.41. The van der Waals surface area contributed by atoms with Gasteiger partial charge in [0.15, 0.2) is 0 Å². The van der Waals surface area contributed by atoms with E-state index in [-0.39, 0.29) is 18.3 Å². The summed E-state index contributed by atoms with van der Waals surface area (Å²) >= 11 is 0. The third-order valence-corrected chi connectivity index (χ3v) is 4.99. The highest BCUT2D eigenvalue weighted by Gasteiger charge is 2.32. The maximum atomic E-state index is 12.1. The van der Waals surface area contributed by atoms with E-state index in [0.717, 1.165) is 44.3 Å². The molecule has 3 nitrogen and oxygen atoms in total. The lowest BCUT2D eigenvalue weighted by Crippen LogP contribution is -2.33. The van der Waals surface area contributed by atoms with Crippen molar-refractivity contribution < 1.29 is 4.79 Å². The molecule has 1 amide bonds. The Morgan fingerprint density at radius 2 is 2.05 bits per heavy atom. The molecule has 1 aliphatic heterocycles. The molecule has 1 saturated carbocycles. The van der Waals surface area contributed by atoms with Crippen LogP contribution < -0.4 is 10.6 Å². The van der Waals surface area contributed by atoms with Crippen LogP contribution in [0.3, 0.4) is 0 Å². The fraction of sp³-hybridized carbons (Fsp3) is 0.941. The van der Waals surface area contributed by atoms with Crippen molar-refractivity contribution in [2.75, 3.05) is 19.6 Å². The van der Waals surface area contributed by atoms with Gasteiger partial charge in [-0.3, -0.25) is 4.79 Å². The van der Waals surface area contributed by atoms with Crippen molar-refractivity contribution in [2.45, 2.75) is 59.3 Å². The third kappa shape index (κ3) is 6.56. The molecule has 2 aliphatic rings. The van der Waals surface area contributed by atoms with Crippen LogP contribution in [0.25, 0.3) is 0 Å². The molecule has 0 aromatic carbocycles. The third-order valence-electron chi connectivity index (χ3n) is 4.99. The van der Waals surface area contributed by atoms with Gasteiger partial charge in [-0.25, -0.2) is 0 Å². The number of carbonyl (C=O) groups is 1. The Morgan fingerprint density at radius 3 is 2.67 bits per heavy atom. The zero-order valence-corrected chi connectivity index (χ0v) is 14.7. The van der Waals surface area contributed by atoms with E-state index in [1.807, 2.05) is 0 Å². The van der Waals surface area contributed by atoms with Crippen LogP contribution in [0.2, 0.25) is 0 Å². The molecule has 1 aliphatic carbocycles. The maximum absolute atomic E-state index is 12.1. The summed E-state index contributed by atoms with van der Waals surface area (Å²) in [7, 11) is 0. The standard InChI is InChI=1S/C17H32N2O.ClH/c1-13-8-15(11-17(2,3)10-13)9-16(20)19-7-5-14-4-6-18-12-14;/h13-15,18H,4-12H2,1-3H3,(H,19,20);1H. The molecule has 21 heavy (non-hydrogen) atoms. The van der Waals surface area contributed by atoms with Crippen LogP contribution in [0.1, 0.15) is 59.3 Å². The van der Waals surface area contributed by atoms with Crippen molar-refractivity contribution >= 4 is 18.3 Å². The average molecular weight is 317 g/mol. The molecule has 3 unspecified atom stereocenters. The van der Waals surface area contributed by atoms with Gasteiger partial charge in [-0.1, -0.05) is 20.8 Å². The largest absolute Gasteiger partial charge is 0.356 e. The Hall–Kier alpha value is -0.280. The summed E-state index contributed by atoms with van der Waals surface area (Å²) < 4.78 is 0. The summed E-state index contributed by atoms with van der Waals surface area (Å²) in [5.41, 5.74) is 0.415. The monoisotopic (exact) mass is 316 g/mol. The molecule has 4 heteroatoms. The predicted molar refractivity (Wildman–Crippen MR) is 90.8 cm³/mol. The molecule has 0 bridgehead atoms. The molecular formula is C17H33ClN2O. The van der Waals surface area contributed by atoms with E-state index in [0.29, 0.717) is 11.3 Å². The van der Waals surface area contributed by atoms with Crippen LogP contribution in [-0.2, 0) is 4.79 Å². The first-order chi connectivity index (χ1) is 9.44. The molecule has 2 fully saturated rings. The van der Waals surface area contributed by atoms with Gasteiger partial charge in [0.1, 0.15) is 0 Å². The molecule has 0 spiro atoms. The number of nitrogens with one attached hydrogen (secondary N) is 2. The zero-order valence-electron chi connectivity index (χ0n) is 13.9. The van der Waals surface area contributed by atoms with E-state index in [9.17, 15) is 4.79 Å². The van der Waals surface area contributed by atoms with E-state index < -0.39 is 0 Å². The lowest BCUT2D eigenvalue weighted by atomic mass is 9.67. The lowest BCUT2D eigenvalue weighted by Gasteiger charge is -2.38. The molecule has 1 heterocycles. The van der Waals surface area contributed by atoms with Gasteiger partial charge >= 0.3 is 0 Å². The predicted octanol–water partition coefficient (Wildman–Crippen LogP) is 3.38. The highest BCUT2D eigenvalue weighted by Crippen LogP contribution is 2.42. The van der Waals surface area contributed by atoms with Gasteiger partial charge in [-0.2, -0.15) is 0 Å². The smallest absolute Gasteiger partial charge is 0.220 e. The molecule has 124 valence electrons. The van der Waals surface area contributed by atoms with Gasteiger partial charge in [0.05, 0.1) is 0 Å². The average Bonchev–Trinajstić information content (AvgIpc) is 2.78. The van der Waals surface area contributed by atoms with Crippen LogP contribution in [0, 0.1) is 23.2 Å². The molecule has 0 aromatic heterocycles. The number of hydrogen-bond donors (Lipinski definition) is 2. The van der Waals surface area contributed by atoms with Gasteiger partial charge in [0.25, 0.3) is 0 Å². The summed E-state index contributed by atoms with van der Waals surface area (Å²) in [6.07, 6.45) is 6.87. The Bertz CT molecular complexity index is 327. The van der Waals surface area contributed by atoms with E-state index in [1.54, 1.807) is 0 Å². The second-order valence-electron chi connectivity index (χ2n) is 7.98. The van der Waals surface area contributed by atoms with Crippen molar-refractivity contribution in [2.24, 2.45) is 23.2 Å². The number of carbonyl (C=O) groups excluding carboxylic acids is 1. The van der Waals surface area contributed by atoms with Gasteiger partial charge in [0.2, 0.25) is 5.91 Å². The highest BCUT2D eigenvalue weighted by atomic mass is 35.5. The van der Waals surface area contributed by atoms with Crippen molar-refractivity contribution in [3.05, 3.63) is 0 Å². The number of amides is 1. The Labute approximate surface area is 136 Å². The topological polar surface area (TPSA) is 41.1 Å². The summed E-state index contributed by atoms with van der Waals surface area (Å²) in [4.78, 5) is 12.1. The molecule has 2 rings (SSSR count). The summed E-state index contributed by atoms with van der Waals surface area (Å²) in [5.74, 6) is 2.39. The number of halogens is 1. The van der Waals surface area contributed by atoms with Gasteiger partial charge in [0, 0.05) is 13.0 Å². The van der Waals surface area contributed by atoms with Crippen LogP contribution in [0.15, 0.2) is 0 Å². The van der Waals surface area contributed by atoms with E-state index >= 15 is 0 Å². The molecular weight excluding hydrogens is 284 g/mol. The van der Waals surface area contributed by atoms with Gasteiger partial charge < -0.3 is 10.6 Å². The minimum absolute atomic E-state index is 0. The van der Waals surface area contributed by atoms with Crippen LogP contribution in [0.4, 0.5) is 0 Å². The van der Waals surface area contributed by atoms with Gasteiger partial charge in [-0.05, 0) is 68.4 Å². The number of rotatable bonds is 5. The summed E-state index contributed by atoms with van der Waals surface area (Å²) in [6, 6.07) is 0. The second-order valence-corrected chi connectivity index (χ2v) is 7.98. The maximum Gasteiger partial charge on any atom is 0.220 e. The Balaban J connectivity index is 0.00000220. The second kappa shape index (κ2) is 8.38. The van der Waals surface area contributed by atoms with E-state index in [2.05, 4.69) is 31.4 Å². The Morgan fingerprint density at radius 1 is 1.29 bits per heavy atom. The first kappa shape index (κ1) is 18.8. The molecule has 0 radical (unpaired) electrons. The van der Waals surface area contributed by atoms with Crippen molar-refractivity contribution in [3.8, 4) is 0 Å². The quantitative estimate of drug-likeness (QED) is 0.816. The Kier molecular flexibility index (Phi) is 7.49. The van der Waals surface area contributed by atoms with E-state index in [1.165, 1.54) is 25.7 Å². The zero-order chi connectivity index (χ0) is 14.6. The van der Waals surface area contributed by atoms with Crippen molar-refractivity contribution in [1.82, 2.24) is 10.6 Å². The highest BCUT2D eigenvalue weighted by molar-refractivity contribution is 5.85. The van der Waals surface area contributed by atoms with Crippen molar-refractivity contribution in [3.63, 3.8) is 0 Å². The fourth-order valence-electron chi connectivity index (χ4n) is 4.41. The van der Waals surface area contributed by atoms with Crippen LogP contribution in [0.5, 0.6) is 0 Å². The molecule has 2 N–H and O–H groups in total. The normalized spacial score (nSPS) is 31.5. The minimum atomic E-state index is 0. The SMILES string of the molecule is CC1CC(CC(=O)NCCC2CCNC2)CC(C)(C)C1.Cl. The van der Waals surface area contributed by atoms with E-state index in [4.69, 9.17) is 0 Å². The molecule has 3 atom stereocenters. The van der Waals surface area contributed by atoms with Gasteiger partial charge in [-0.15, -0.1) is 12.4 Å². The molecule has 0 aromatic rings. The molecule has 1 saturated heterocycles. The summed E-state index contributed by atoms with van der Waals surface area (Å²) in [6.45, 7) is 10.2. The first-order valence-corrected chi connectivity index (χ1v) is 8.42. The van der Waals surface area contributed by atoms with Crippen LogP contribution in [-0.4, -0.2) is 25.5 Å². The van der Waals surface area contributed by atoms with Crippen LogP contribution >= 0.6 is 12.4 Å². The van der Waals surface area contributed by atoms with Crippen molar-refractivity contribution in [1.29, 1.82) is 0 Å². The lowest BCUT2D eigenvalue weighted by molar-refractivity contribution is -0.122. The minimum Gasteiger partial charge on any atom is -0.356 e.